The van der Waals surface area contributed by atoms with Gasteiger partial charge in [-0.1, -0.05) is 0 Å². The van der Waals surface area contributed by atoms with Gasteiger partial charge >= 0.3 is 5.97 Å². The van der Waals surface area contributed by atoms with E-state index in [0.717, 1.165) is 26.1 Å². The Bertz CT molecular complexity index is 251. The van der Waals surface area contributed by atoms with Crippen molar-refractivity contribution in [1.82, 2.24) is 10.2 Å². The molecule has 1 atom stereocenters. The van der Waals surface area contributed by atoms with E-state index in [4.69, 9.17) is 10.5 Å². The monoisotopic (exact) mass is 243 g/mol. The second-order valence-corrected chi connectivity index (χ2v) is 5.49. The van der Waals surface area contributed by atoms with Crippen molar-refractivity contribution in [3.63, 3.8) is 0 Å². The zero-order valence-electron chi connectivity index (χ0n) is 11.2. The van der Waals surface area contributed by atoms with Crippen LogP contribution in [0.25, 0.3) is 0 Å². The summed E-state index contributed by atoms with van der Waals surface area (Å²) < 4.78 is 5.55. The molecule has 0 saturated carbocycles. The summed E-state index contributed by atoms with van der Waals surface area (Å²) in [6.45, 7) is 9.72. The minimum atomic E-state index is -0.447. The summed E-state index contributed by atoms with van der Waals surface area (Å²) in [6, 6.07) is 0. The van der Waals surface area contributed by atoms with Gasteiger partial charge in [-0.05, 0) is 33.7 Å². The summed E-state index contributed by atoms with van der Waals surface area (Å²) in [4.78, 5) is 14.0. The Labute approximate surface area is 104 Å². The summed E-state index contributed by atoms with van der Waals surface area (Å²) in [5, 5.41) is 3.25. The minimum absolute atomic E-state index is 0.149. The fourth-order valence-electron chi connectivity index (χ4n) is 1.69. The van der Waals surface area contributed by atoms with E-state index in [2.05, 4.69) is 10.2 Å². The molecule has 3 N–H and O–H groups in total. The molecule has 0 radical (unpaired) electrons. The summed E-state index contributed by atoms with van der Waals surface area (Å²) >= 11 is 0. The molecule has 1 rings (SSSR count). The molecule has 100 valence electrons. The minimum Gasteiger partial charge on any atom is -0.445 e. The fraction of sp³-hybridized carbons (Fsp3) is 0.917. The standard InChI is InChI=1S/C12H25N3O2/c1-12(2,3)11(16)17-10-9-14-6-8-15(10)7-4-5-13/h10,14H,4-9,13H2,1-3H3. The van der Waals surface area contributed by atoms with Gasteiger partial charge in [0.05, 0.1) is 5.41 Å². The number of rotatable bonds is 4. The maximum atomic E-state index is 11.9. The Morgan fingerprint density at radius 1 is 1.53 bits per heavy atom. The highest BCUT2D eigenvalue weighted by Gasteiger charge is 2.30. The van der Waals surface area contributed by atoms with Crippen molar-refractivity contribution >= 4 is 5.97 Å². The highest BCUT2D eigenvalue weighted by molar-refractivity contribution is 5.75. The van der Waals surface area contributed by atoms with E-state index in [9.17, 15) is 4.79 Å². The van der Waals surface area contributed by atoms with Crippen LogP contribution < -0.4 is 11.1 Å². The number of esters is 1. The van der Waals surface area contributed by atoms with Gasteiger partial charge in [0.25, 0.3) is 0 Å². The molecular weight excluding hydrogens is 218 g/mol. The number of hydrogen-bond donors (Lipinski definition) is 2. The van der Waals surface area contributed by atoms with Crippen LogP contribution in [-0.4, -0.2) is 49.8 Å². The first kappa shape index (κ1) is 14.4. The number of nitrogens with one attached hydrogen (secondary N) is 1. The van der Waals surface area contributed by atoms with Crippen molar-refractivity contribution < 1.29 is 9.53 Å². The molecule has 1 unspecified atom stereocenters. The lowest BCUT2D eigenvalue weighted by Gasteiger charge is -2.36. The van der Waals surface area contributed by atoms with Crippen molar-refractivity contribution in [3.05, 3.63) is 0 Å². The van der Waals surface area contributed by atoms with Gasteiger partial charge in [0.15, 0.2) is 6.23 Å². The number of nitrogens with two attached hydrogens (primary N) is 1. The van der Waals surface area contributed by atoms with Gasteiger partial charge in [-0.3, -0.25) is 9.69 Å². The summed E-state index contributed by atoms with van der Waals surface area (Å²) in [7, 11) is 0. The van der Waals surface area contributed by atoms with Crippen molar-refractivity contribution in [2.45, 2.75) is 33.4 Å². The first-order chi connectivity index (χ1) is 7.95. The number of ether oxygens (including phenoxy) is 1. The molecule has 17 heavy (non-hydrogen) atoms. The number of hydrogen-bond acceptors (Lipinski definition) is 5. The normalized spacial score (nSPS) is 22.5. The third kappa shape index (κ3) is 4.61. The van der Waals surface area contributed by atoms with Crippen LogP contribution in [0, 0.1) is 5.41 Å². The lowest BCUT2D eigenvalue weighted by molar-refractivity contribution is -0.170. The van der Waals surface area contributed by atoms with Crippen LogP contribution in [0.2, 0.25) is 0 Å². The molecule has 0 aromatic rings. The topological polar surface area (TPSA) is 67.6 Å². The number of piperazine rings is 1. The first-order valence-electron chi connectivity index (χ1n) is 6.31. The summed E-state index contributed by atoms with van der Waals surface area (Å²) in [5.74, 6) is -0.149. The van der Waals surface area contributed by atoms with Crippen LogP contribution >= 0.6 is 0 Å². The van der Waals surface area contributed by atoms with Crippen LogP contribution in [-0.2, 0) is 9.53 Å². The SMILES string of the molecule is CC(C)(C)C(=O)OC1CNCCN1CCCN. The predicted octanol–water partition coefficient (Wildman–Crippen LogP) is 0.156. The van der Waals surface area contributed by atoms with Gasteiger partial charge in [0, 0.05) is 26.2 Å². The molecule has 0 spiro atoms. The van der Waals surface area contributed by atoms with Crippen LogP contribution in [0.5, 0.6) is 0 Å². The van der Waals surface area contributed by atoms with Gasteiger partial charge in [-0.2, -0.15) is 0 Å². The van der Waals surface area contributed by atoms with Crippen LogP contribution in [0.1, 0.15) is 27.2 Å². The van der Waals surface area contributed by atoms with Gasteiger partial charge in [0.2, 0.25) is 0 Å². The number of carbonyl (C=O) groups is 1. The van der Waals surface area contributed by atoms with E-state index in [1.165, 1.54) is 0 Å². The van der Waals surface area contributed by atoms with E-state index in [1.54, 1.807) is 0 Å². The van der Waals surface area contributed by atoms with E-state index in [0.29, 0.717) is 13.1 Å². The third-order valence-corrected chi connectivity index (χ3v) is 2.81. The van der Waals surface area contributed by atoms with Crippen molar-refractivity contribution in [2.75, 3.05) is 32.7 Å². The highest BCUT2D eigenvalue weighted by atomic mass is 16.6. The van der Waals surface area contributed by atoms with Crippen molar-refractivity contribution in [2.24, 2.45) is 11.1 Å². The molecule has 0 aliphatic carbocycles. The summed E-state index contributed by atoms with van der Waals surface area (Å²) in [5.41, 5.74) is 5.06. The molecule has 1 aliphatic heterocycles. The smallest absolute Gasteiger partial charge is 0.312 e. The quantitative estimate of drug-likeness (QED) is 0.688. The molecule has 5 nitrogen and oxygen atoms in total. The zero-order valence-corrected chi connectivity index (χ0v) is 11.2. The Morgan fingerprint density at radius 3 is 2.82 bits per heavy atom. The van der Waals surface area contributed by atoms with Crippen molar-refractivity contribution in [1.29, 1.82) is 0 Å². The van der Waals surface area contributed by atoms with E-state index < -0.39 is 5.41 Å². The molecule has 1 saturated heterocycles. The largest absolute Gasteiger partial charge is 0.445 e. The van der Waals surface area contributed by atoms with E-state index >= 15 is 0 Å². The Kier molecular flexibility index (Phi) is 5.36. The molecule has 1 heterocycles. The first-order valence-corrected chi connectivity index (χ1v) is 6.31. The van der Waals surface area contributed by atoms with Crippen LogP contribution in [0.15, 0.2) is 0 Å². The molecule has 5 heteroatoms. The third-order valence-electron chi connectivity index (χ3n) is 2.81. The highest BCUT2D eigenvalue weighted by Crippen LogP contribution is 2.18. The van der Waals surface area contributed by atoms with E-state index in [1.807, 2.05) is 20.8 Å². The lowest BCUT2D eigenvalue weighted by Crippen LogP contribution is -2.54. The average Bonchev–Trinajstić information content (AvgIpc) is 2.26. The molecule has 1 aliphatic rings. The lowest BCUT2D eigenvalue weighted by atomic mass is 9.97. The summed E-state index contributed by atoms with van der Waals surface area (Å²) in [6.07, 6.45) is 0.783. The van der Waals surface area contributed by atoms with Gasteiger partial charge in [0.1, 0.15) is 0 Å². The Balaban J connectivity index is 2.50. The molecule has 0 aromatic carbocycles. The Hall–Kier alpha value is -0.650. The Morgan fingerprint density at radius 2 is 2.24 bits per heavy atom. The number of nitrogens with zero attached hydrogens (tertiary/aromatic N) is 1. The van der Waals surface area contributed by atoms with Crippen molar-refractivity contribution in [3.8, 4) is 0 Å². The second-order valence-electron chi connectivity index (χ2n) is 5.49. The van der Waals surface area contributed by atoms with Gasteiger partial charge in [-0.15, -0.1) is 0 Å². The maximum Gasteiger partial charge on any atom is 0.312 e. The predicted molar refractivity (Wildman–Crippen MR) is 67.4 cm³/mol. The van der Waals surface area contributed by atoms with Gasteiger partial charge in [-0.25, -0.2) is 0 Å². The molecule has 0 amide bonds. The zero-order chi connectivity index (χ0) is 12.9. The average molecular weight is 243 g/mol. The van der Waals surface area contributed by atoms with Gasteiger partial charge < -0.3 is 15.8 Å². The fourth-order valence-corrected chi connectivity index (χ4v) is 1.69. The van der Waals surface area contributed by atoms with E-state index in [-0.39, 0.29) is 12.2 Å². The molecular formula is C12H25N3O2. The number of carbonyl (C=O) groups excluding carboxylic acids is 1. The molecule has 0 aromatic heterocycles. The van der Waals surface area contributed by atoms with Crippen LogP contribution in [0.3, 0.4) is 0 Å². The second kappa shape index (κ2) is 6.33. The van der Waals surface area contributed by atoms with Crippen LogP contribution in [0.4, 0.5) is 0 Å². The molecule has 1 fully saturated rings. The molecule has 0 bridgehead atoms. The maximum absolute atomic E-state index is 11.9.